The molecule has 0 spiro atoms. The first-order valence-corrected chi connectivity index (χ1v) is 11.7. The molecule has 2 aromatic heterocycles. The lowest BCUT2D eigenvalue weighted by molar-refractivity contribution is 0.222. The van der Waals surface area contributed by atoms with E-state index in [9.17, 15) is 4.79 Å². The zero-order valence-electron chi connectivity index (χ0n) is 19.0. The number of aryl methyl sites for hydroxylation is 1. The van der Waals surface area contributed by atoms with Crippen molar-refractivity contribution in [3.8, 4) is 17.1 Å². The third-order valence-electron chi connectivity index (χ3n) is 4.99. The van der Waals surface area contributed by atoms with Crippen molar-refractivity contribution in [1.29, 1.82) is 0 Å². The maximum absolute atomic E-state index is 12.4. The molecule has 1 aliphatic rings. The predicted octanol–water partition coefficient (Wildman–Crippen LogP) is 3.28. The van der Waals surface area contributed by atoms with Gasteiger partial charge in [0.15, 0.2) is 11.6 Å². The molecule has 9 nitrogen and oxygen atoms in total. The summed E-state index contributed by atoms with van der Waals surface area (Å²) < 4.78 is 7.44. The molecule has 0 unspecified atom stereocenters. The highest BCUT2D eigenvalue weighted by Crippen LogP contribution is 2.23. The van der Waals surface area contributed by atoms with Gasteiger partial charge in [-0.15, -0.1) is 0 Å². The summed E-state index contributed by atoms with van der Waals surface area (Å²) in [5.41, 5.74) is 3.59. The number of thioether (sulfide) groups is 1. The van der Waals surface area contributed by atoms with E-state index in [1.807, 2.05) is 51.6 Å². The number of hydrogen-bond donors (Lipinski definition) is 0. The third kappa shape index (κ3) is 6.17. The fraction of sp³-hybridized carbons (Fsp3) is 0.348. The van der Waals surface area contributed by atoms with Crippen LogP contribution in [0.1, 0.15) is 17.5 Å². The minimum absolute atomic E-state index is 0.0694. The normalized spacial score (nSPS) is 14.0. The molecule has 0 saturated carbocycles. The van der Waals surface area contributed by atoms with E-state index in [0.717, 1.165) is 35.4 Å². The number of hydrogen-bond acceptors (Lipinski definition) is 8. The molecule has 3 aromatic rings. The Morgan fingerprint density at radius 1 is 1.15 bits per heavy atom. The van der Waals surface area contributed by atoms with Gasteiger partial charge in [-0.25, -0.2) is 15.0 Å². The molecule has 0 fully saturated rings. The number of benzene rings is 1. The average molecular weight is 466 g/mol. The number of carbonyl (C=O) groups excluding carboxylic acids is 1. The molecule has 10 heteroatoms. The molecule has 33 heavy (non-hydrogen) atoms. The van der Waals surface area contributed by atoms with Gasteiger partial charge in [-0.05, 0) is 32.1 Å². The van der Waals surface area contributed by atoms with Crippen molar-refractivity contribution in [1.82, 2.24) is 29.7 Å². The second kappa shape index (κ2) is 10.6. The lowest BCUT2D eigenvalue weighted by Crippen LogP contribution is -2.29. The first-order valence-electron chi connectivity index (χ1n) is 10.7. The topological polar surface area (TPSA) is 88.7 Å². The molecule has 1 aromatic carbocycles. The number of amides is 1. The van der Waals surface area contributed by atoms with Gasteiger partial charge in [-0.2, -0.15) is 10.2 Å². The zero-order valence-corrected chi connectivity index (χ0v) is 19.8. The second-order valence-electron chi connectivity index (χ2n) is 8.01. The van der Waals surface area contributed by atoms with Crippen molar-refractivity contribution in [2.24, 2.45) is 12.1 Å². The maximum Gasteiger partial charge on any atom is 0.302 e. The van der Waals surface area contributed by atoms with Gasteiger partial charge in [0.1, 0.15) is 0 Å². The summed E-state index contributed by atoms with van der Waals surface area (Å²) in [5.74, 6) is 1.80. The lowest BCUT2D eigenvalue weighted by Gasteiger charge is -2.22. The molecule has 0 aliphatic carbocycles. The first-order chi connectivity index (χ1) is 16.0. The first kappa shape index (κ1) is 22.9. The standard InChI is InChI=1S/C23H27N7O2S/c1-28(2)8-5-9-32-20-12-24-22(25-13-20)18-7-4-6-17(10-18)14-30-23(31)33-16-21(27-30)19-11-26-29(3)15-19/h4,6-7,10-13,15H,5,8-9,14,16H2,1-3H3. The van der Waals surface area contributed by atoms with E-state index < -0.39 is 0 Å². The van der Waals surface area contributed by atoms with Crippen molar-refractivity contribution in [3.05, 3.63) is 60.2 Å². The Kier molecular flexibility index (Phi) is 7.36. The molecule has 1 amide bonds. The van der Waals surface area contributed by atoms with Crippen LogP contribution in [0.15, 0.2) is 54.2 Å². The van der Waals surface area contributed by atoms with Crippen molar-refractivity contribution >= 4 is 22.7 Å². The van der Waals surface area contributed by atoms with Crippen molar-refractivity contribution in [2.75, 3.05) is 33.0 Å². The van der Waals surface area contributed by atoms with Crippen LogP contribution in [0.25, 0.3) is 11.4 Å². The average Bonchev–Trinajstić information content (AvgIpc) is 3.25. The summed E-state index contributed by atoms with van der Waals surface area (Å²) in [4.78, 5) is 23.5. The van der Waals surface area contributed by atoms with Gasteiger partial charge in [-0.3, -0.25) is 9.48 Å². The molecule has 1 aliphatic heterocycles. The second-order valence-corrected chi connectivity index (χ2v) is 8.94. The zero-order chi connectivity index (χ0) is 23.2. The largest absolute Gasteiger partial charge is 0.490 e. The van der Waals surface area contributed by atoms with Crippen LogP contribution in [0.2, 0.25) is 0 Å². The van der Waals surface area contributed by atoms with Crippen molar-refractivity contribution < 1.29 is 9.53 Å². The monoisotopic (exact) mass is 465 g/mol. The minimum Gasteiger partial charge on any atom is -0.490 e. The molecular weight excluding hydrogens is 438 g/mol. The lowest BCUT2D eigenvalue weighted by atomic mass is 10.1. The Morgan fingerprint density at radius 3 is 2.70 bits per heavy atom. The molecule has 0 radical (unpaired) electrons. The molecule has 172 valence electrons. The summed E-state index contributed by atoms with van der Waals surface area (Å²) in [7, 11) is 5.94. The van der Waals surface area contributed by atoms with Crippen LogP contribution in [-0.2, 0) is 13.6 Å². The summed E-state index contributed by atoms with van der Waals surface area (Å²) in [6.45, 7) is 1.97. The molecule has 0 atom stereocenters. The molecule has 0 N–H and O–H groups in total. The van der Waals surface area contributed by atoms with E-state index in [1.165, 1.54) is 16.8 Å². The van der Waals surface area contributed by atoms with Crippen molar-refractivity contribution in [2.45, 2.75) is 13.0 Å². The van der Waals surface area contributed by atoms with Gasteiger partial charge in [-0.1, -0.05) is 30.0 Å². The van der Waals surface area contributed by atoms with Crippen LogP contribution in [-0.4, -0.2) is 73.6 Å². The van der Waals surface area contributed by atoms with Crippen LogP contribution < -0.4 is 4.74 Å². The molecule has 0 bridgehead atoms. The Hall–Kier alpha value is -3.24. The van der Waals surface area contributed by atoms with Gasteiger partial charge in [0.2, 0.25) is 0 Å². The van der Waals surface area contributed by atoms with E-state index in [-0.39, 0.29) is 5.24 Å². The predicted molar refractivity (Wildman–Crippen MR) is 129 cm³/mol. The van der Waals surface area contributed by atoms with Crippen molar-refractivity contribution in [3.63, 3.8) is 0 Å². The Balaban J connectivity index is 1.43. The SMILES string of the molecule is CN(C)CCCOc1cnc(-c2cccc(CN3N=C(c4cnn(C)c4)CSC3=O)c2)nc1. The van der Waals surface area contributed by atoms with Crippen LogP contribution in [0.4, 0.5) is 4.79 Å². The maximum atomic E-state index is 12.4. The van der Waals surface area contributed by atoms with E-state index in [2.05, 4.69) is 25.1 Å². The number of aromatic nitrogens is 4. The fourth-order valence-electron chi connectivity index (χ4n) is 3.32. The fourth-order valence-corrected chi connectivity index (χ4v) is 4.06. The highest BCUT2D eigenvalue weighted by molar-refractivity contribution is 8.14. The quantitative estimate of drug-likeness (QED) is 0.448. The van der Waals surface area contributed by atoms with E-state index >= 15 is 0 Å². The number of ether oxygens (including phenoxy) is 1. The van der Waals surface area contributed by atoms with Crippen LogP contribution in [0, 0.1) is 0 Å². The van der Waals surface area contributed by atoms with Gasteiger partial charge in [0, 0.05) is 36.7 Å². The highest BCUT2D eigenvalue weighted by Gasteiger charge is 2.23. The Bertz CT molecular complexity index is 1130. The summed E-state index contributed by atoms with van der Waals surface area (Å²) in [6, 6.07) is 7.84. The summed E-state index contributed by atoms with van der Waals surface area (Å²) in [6.07, 6.45) is 8.00. The minimum atomic E-state index is -0.0694. The van der Waals surface area contributed by atoms with E-state index in [1.54, 1.807) is 23.3 Å². The van der Waals surface area contributed by atoms with Gasteiger partial charge in [0.25, 0.3) is 0 Å². The van der Waals surface area contributed by atoms with E-state index in [4.69, 9.17) is 4.74 Å². The number of rotatable bonds is 9. The van der Waals surface area contributed by atoms with Crippen LogP contribution in [0.5, 0.6) is 5.75 Å². The van der Waals surface area contributed by atoms with Gasteiger partial charge in [0.05, 0.1) is 37.5 Å². The molecule has 3 heterocycles. The van der Waals surface area contributed by atoms with E-state index in [0.29, 0.717) is 30.5 Å². The van der Waals surface area contributed by atoms with Crippen LogP contribution >= 0.6 is 11.8 Å². The van der Waals surface area contributed by atoms with Crippen LogP contribution in [0.3, 0.4) is 0 Å². The highest BCUT2D eigenvalue weighted by atomic mass is 32.2. The third-order valence-corrected chi connectivity index (χ3v) is 5.86. The number of hydrazone groups is 1. The summed E-state index contributed by atoms with van der Waals surface area (Å²) in [5, 5.41) is 10.2. The Labute approximate surface area is 197 Å². The van der Waals surface area contributed by atoms with Gasteiger partial charge < -0.3 is 9.64 Å². The number of nitrogens with zero attached hydrogens (tertiary/aromatic N) is 7. The smallest absolute Gasteiger partial charge is 0.302 e. The number of carbonyl (C=O) groups is 1. The Morgan fingerprint density at radius 2 is 1.97 bits per heavy atom. The summed E-state index contributed by atoms with van der Waals surface area (Å²) >= 11 is 1.25. The molecular formula is C23H27N7O2S. The molecule has 4 rings (SSSR count). The molecule has 0 saturated heterocycles. The van der Waals surface area contributed by atoms with Gasteiger partial charge >= 0.3 is 5.24 Å².